The van der Waals surface area contributed by atoms with Crippen LogP contribution < -0.4 is 10.4 Å². The van der Waals surface area contributed by atoms with Gasteiger partial charge in [0.25, 0.3) is 0 Å². The van der Waals surface area contributed by atoms with E-state index < -0.39 is 17.8 Å². The molecule has 6 heteroatoms. The molecule has 0 saturated heterocycles. The van der Waals surface area contributed by atoms with Crippen LogP contribution in [0, 0.1) is 11.5 Å². The molecule has 0 fully saturated rings. The van der Waals surface area contributed by atoms with Crippen LogP contribution in [0.15, 0.2) is 35.3 Å². The van der Waals surface area contributed by atoms with Crippen molar-refractivity contribution < 1.29 is 24.5 Å². The highest BCUT2D eigenvalue weighted by Crippen LogP contribution is 2.23. The fraction of sp³-hybridized carbons (Fsp3) is 0.231. The second kappa shape index (κ2) is 4.90. The number of ether oxygens (including phenoxy) is 1. The normalized spacial score (nSPS) is 21.3. The van der Waals surface area contributed by atoms with Gasteiger partial charge in [-0.3, -0.25) is 5.41 Å². The van der Waals surface area contributed by atoms with Gasteiger partial charge >= 0.3 is 18.1 Å². The Bertz CT molecular complexity index is 618. The zero-order chi connectivity index (χ0) is 14.0. The molecule has 6 nitrogen and oxygen atoms in total. The minimum Gasteiger partial charge on any atom is -0.867 e. The summed E-state index contributed by atoms with van der Waals surface area (Å²) in [4.78, 5) is 11.7. The highest BCUT2D eigenvalue weighted by molar-refractivity contribution is 6.10. The molecule has 0 saturated carbocycles. The number of carbonyl (C=O) groups is 1. The first kappa shape index (κ1) is 12.8. The van der Waals surface area contributed by atoms with Gasteiger partial charge in [0.15, 0.2) is 6.21 Å². The maximum atomic E-state index is 12.2. The third kappa shape index (κ3) is 2.06. The van der Waals surface area contributed by atoms with Crippen LogP contribution in [-0.4, -0.2) is 35.1 Å². The van der Waals surface area contributed by atoms with Gasteiger partial charge in [0, 0.05) is 12.2 Å². The Hall–Kier alpha value is -2.68. The van der Waals surface area contributed by atoms with Crippen molar-refractivity contribution >= 4 is 17.9 Å². The van der Waals surface area contributed by atoms with Crippen molar-refractivity contribution in [3.8, 4) is 6.07 Å². The monoisotopic (exact) mass is 258 g/mol. The molecule has 0 aromatic rings. The third-order valence-corrected chi connectivity index (χ3v) is 2.75. The number of esters is 1. The van der Waals surface area contributed by atoms with Crippen molar-refractivity contribution in [2.45, 2.75) is 13.0 Å². The number of hydrogen-bond acceptors (Lipinski definition) is 4. The Morgan fingerprint density at radius 1 is 1.68 bits per heavy atom. The van der Waals surface area contributed by atoms with Crippen LogP contribution in [0.3, 0.4) is 0 Å². The lowest BCUT2D eigenvalue weighted by molar-refractivity contribution is -0.495. The standard InChI is InChI=1S/C13H11N3O3/c1-2-19-13(18)9-6-8(7-14)16-5-3-4-10(15)11(16)12(9)17/h3-6,8H,2H2,1H3,(H-,15,17)/p+1. The average molecular weight is 258 g/mol. The second-order valence-corrected chi connectivity index (χ2v) is 3.90. The first-order valence-corrected chi connectivity index (χ1v) is 5.71. The largest absolute Gasteiger partial charge is 0.867 e. The first-order valence-electron chi connectivity index (χ1n) is 5.71. The summed E-state index contributed by atoms with van der Waals surface area (Å²) in [5, 5.41) is 27.2. The number of rotatable bonds is 2. The Morgan fingerprint density at radius 3 is 3.05 bits per heavy atom. The Kier molecular flexibility index (Phi) is 3.29. The van der Waals surface area contributed by atoms with Crippen LogP contribution in [0.1, 0.15) is 6.92 Å². The van der Waals surface area contributed by atoms with Gasteiger partial charge in [-0.1, -0.05) is 5.26 Å². The van der Waals surface area contributed by atoms with Gasteiger partial charge in [-0.25, -0.2) is 4.79 Å². The highest BCUT2D eigenvalue weighted by Gasteiger charge is 2.37. The Morgan fingerprint density at radius 2 is 2.42 bits per heavy atom. The predicted molar refractivity (Wildman–Crippen MR) is 63.6 cm³/mol. The zero-order valence-electron chi connectivity index (χ0n) is 10.3. The maximum Gasteiger partial charge on any atom is 0.351 e. The van der Waals surface area contributed by atoms with E-state index in [4.69, 9.17) is 15.4 Å². The van der Waals surface area contributed by atoms with Crippen LogP contribution in [0.2, 0.25) is 0 Å². The topological polar surface area (TPSA) is 100 Å². The molecule has 2 N–H and O–H groups in total. The van der Waals surface area contributed by atoms with Crippen molar-refractivity contribution in [1.29, 1.82) is 5.41 Å². The second-order valence-electron chi connectivity index (χ2n) is 3.90. The molecule has 2 aliphatic heterocycles. The number of fused-ring (bicyclic) bond motifs is 1. The summed E-state index contributed by atoms with van der Waals surface area (Å²) >= 11 is 0. The van der Waals surface area contributed by atoms with Crippen LogP contribution in [0.5, 0.6) is 0 Å². The summed E-state index contributed by atoms with van der Waals surface area (Å²) in [7, 11) is 0. The number of carbonyl (C=O) groups excluding carboxylic acids is 1. The molecule has 1 atom stereocenters. The lowest BCUT2D eigenvalue weighted by atomic mass is 9.99. The molecule has 0 radical (unpaired) electrons. The van der Waals surface area contributed by atoms with Gasteiger partial charge in [0.05, 0.1) is 12.2 Å². The summed E-state index contributed by atoms with van der Waals surface area (Å²) in [6.07, 6.45) is 5.97. The average Bonchev–Trinajstić information content (AvgIpc) is 2.39. The summed E-state index contributed by atoms with van der Waals surface area (Å²) in [6, 6.07) is 1.55. The number of allylic oxidation sites excluding steroid dienone is 2. The summed E-state index contributed by atoms with van der Waals surface area (Å²) in [5.41, 5.74) is -0.0771. The summed E-state index contributed by atoms with van der Waals surface area (Å²) in [6.45, 7) is 1.80. The molecule has 0 aliphatic carbocycles. The van der Waals surface area contributed by atoms with E-state index in [0.717, 1.165) is 0 Å². The molecule has 2 heterocycles. The molecule has 0 bridgehead atoms. The minimum absolute atomic E-state index is 0.00245. The van der Waals surface area contributed by atoms with Gasteiger partial charge in [0.2, 0.25) is 5.70 Å². The quantitative estimate of drug-likeness (QED) is 0.437. The van der Waals surface area contributed by atoms with Crippen molar-refractivity contribution in [2.75, 3.05) is 6.61 Å². The molecule has 19 heavy (non-hydrogen) atoms. The van der Waals surface area contributed by atoms with E-state index in [9.17, 15) is 9.90 Å². The highest BCUT2D eigenvalue weighted by atomic mass is 16.5. The van der Waals surface area contributed by atoms with Gasteiger partial charge in [-0.15, -0.1) is 0 Å². The molecule has 2 rings (SSSR count). The molecular formula is C13H12N3O3+. The molecule has 0 aromatic heterocycles. The molecule has 96 valence electrons. The summed E-state index contributed by atoms with van der Waals surface area (Å²) < 4.78 is 6.26. The molecular weight excluding hydrogens is 246 g/mol. The van der Waals surface area contributed by atoms with Gasteiger partial charge in [-0.2, -0.15) is 4.58 Å². The maximum absolute atomic E-state index is 12.2. The van der Waals surface area contributed by atoms with E-state index in [1.54, 1.807) is 19.2 Å². The van der Waals surface area contributed by atoms with E-state index in [2.05, 4.69) is 6.07 Å². The fourth-order valence-electron chi connectivity index (χ4n) is 1.92. The molecule has 0 amide bonds. The smallest absolute Gasteiger partial charge is 0.351 e. The van der Waals surface area contributed by atoms with E-state index in [1.165, 1.54) is 16.7 Å². The SMILES string of the molecule is CCOC(=O)C1=CC(C#[NH+])[N+]2=CC=CC(=N)C2=C1[O-]. The lowest BCUT2D eigenvalue weighted by Gasteiger charge is -2.24. The van der Waals surface area contributed by atoms with E-state index >= 15 is 0 Å². The van der Waals surface area contributed by atoms with Gasteiger partial charge in [-0.05, 0) is 18.8 Å². The molecule has 0 aromatic carbocycles. The predicted octanol–water partition coefficient (Wildman–Crippen LogP) is -2.12. The van der Waals surface area contributed by atoms with Crippen LogP contribution >= 0.6 is 0 Å². The van der Waals surface area contributed by atoms with Gasteiger partial charge < -0.3 is 9.84 Å². The fourth-order valence-corrected chi connectivity index (χ4v) is 1.92. The van der Waals surface area contributed by atoms with Gasteiger partial charge in [0.1, 0.15) is 5.71 Å². The summed E-state index contributed by atoms with van der Waals surface area (Å²) in [5.74, 6) is -1.29. The van der Waals surface area contributed by atoms with Crippen molar-refractivity contribution in [3.05, 3.63) is 35.3 Å². The number of nitrogens with zero attached hydrogens (tertiary/aromatic N) is 1. The molecule has 2 aliphatic rings. The molecule has 1 unspecified atom stereocenters. The van der Waals surface area contributed by atoms with E-state index in [0.29, 0.717) is 0 Å². The first-order chi connectivity index (χ1) is 9.10. The minimum atomic E-state index is -0.734. The van der Waals surface area contributed by atoms with Crippen molar-refractivity contribution in [1.82, 2.24) is 0 Å². The molecule has 0 spiro atoms. The van der Waals surface area contributed by atoms with Crippen molar-refractivity contribution in [3.63, 3.8) is 0 Å². The van der Waals surface area contributed by atoms with Crippen LogP contribution in [0.4, 0.5) is 0 Å². The van der Waals surface area contributed by atoms with E-state index in [1.807, 2.05) is 0 Å². The zero-order valence-corrected chi connectivity index (χ0v) is 10.3. The Balaban J connectivity index is 2.54. The van der Waals surface area contributed by atoms with Crippen LogP contribution in [0.25, 0.3) is 0 Å². The Labute approximate surface area is 109 Å². The number of hydrogen-bond donors (Lipinski definition) is 2. The third-order valence-electron chi connectivity index (χ3n) is 2.75. The van der Waals surface area contributed by atoms with E-state index in [-0.39, 0.29) is 23.6 Å². The number of nitrogens with one attached hydrogen (secondary N) is 2. The lowest BCUT2D eigenvalue weighted by Crippen LogP contribution is -2.40. The van der Waals surface area contributed by atoms with Crippen LogP contribution in [-0.2, 0) is 9.53 Å². The van der Waals surface area contributed by atoms with Crippen molar-refractivity contribution in [2.24, 2.45) is 0 Å².